The second-order valence-corrected chi connectivity index (χ2v) is 3.14. The molecule has 0 radical (unpaired) electrons. The molecule has 0 aliphatic heterocycles. The van der Waals surface area contributed by atoms with E-state index < -0.39 is 11.9 Å². The van der Waals surface area contributed by atoms with Gasteiger partial charge in [-0.1, -0.05) is 6.92 Å². The van der Waals surface area contributed by atoms with E-state index in [1.165, 1.54) is 26.2 Å². The molecule has 0 amide bonds. The summed E-state index contributed by atoms with van der Waals surface area (Å²) in [6.45, 7) is 1.54. The third kappa shape index (κ3) is 2.80. The Balaban J connectivity index is 2.93. The molecule has 1 rings (SSSR count). The largest absolute Gasteiger partial charge is 0.481 e. The number of nitrogens with zero attached hydrogens (tertiary/aromatic N) is 2. The van der Waals surface area contributed by atoms with Crippen molar-refractivity contribution in [3.8, 4) is 5.88 Å². The normalized spacial score (nSPS) is 12.1. The Labute approximate surface area is 86.1 Å². The van der Waals surface area contributed by atoms with Crippen molar-refractivity contribution in [3.05, 3.63) is 22.5 Å². The van der Waals surface area contributed by atoms with Crippen LogP contribution in [0.4, 0.5) is 0 Å². The molecule has 15 heavy (non-hydrogen) atoms. The Morgan fingerprint density at radius 3 is 2.87 bits per heavy atom. The third-order valence-electron chi connectivity index (χ3n) is 1.92. The van der Waals surface area contributed by atoms with Gasteiger partial charge in [0.2, 0.25) is 5.88 Å². The standard InChI is InChI=1S/C9H12N2O4/c1-6(9(13)14)5-11-8(12)4-3-7(10-11)15-2/h3-4,6H,5H2,1-2H3,(H,13,14). The van der Waals surface area contributed by atoms with E-state index in [0.717, 1.165) is 4.68 Å². The number of carbonyl (C=O) groups is 1. The van der Waals surface area contributed by atoms with Crippen LogP contribution < -0.4 is 10.3 Å². The molecule has 1 N–H and O–H groups in total. The highest BCUT2D eigenvalue weighted by atomic mass is 16.5. The fourth-order valence-corrected chi connectivity index (χ4v) is 1.01. The van der Waals surface area contributed by atoms with Gasteiger partial charge in [-0.2, -0.15) is 0 Å². The van der Waals surface area contributed by atoms with Crippen LogP contribution >= 0.6 is 0 Å². The van der Waals surface area contributed by atoms with E-state index in [0.29, 0.717) is 0 Å². The number of carboxylic acids is 1. The zero-order valence-electron chi connectivity index (χ0n) is 8.51. The summed E-state index contributed by atoms with van der Waals surface area (Å²) in [5.74, 6) is -1.35. The number of methoxy groups -OCH3 is 1. The molecular formula is C9H12N2O4. The van der Waals surface area contributed by atoms with Crippen molar-refractivity contribution in [2.75, 3.05) is 7.11 Å². The lowest BCUT2D eigenvalue weighted by Crippen LogP contribution is -2.27. The van der Waals surface area contributed by atoms with Gasteiger partial charge in [-0.3, -0.25) is 9.59 Å². The van der Waals surface area contributed by atoms with E-state index in [4.69, 9.17) is 9.84 Å². The lowest BCUT2D eigenvalue weighted by molar-refractivity contribution is -0.141. The van der Waals surface area contributed by atoms with Gasteiger partial charge in [0.05, 0.1) is 19.6 Å². The fourth-order valence-electron chi connectivity index (χ4n) is 1.01. The summed E-state index contributed by atoms with van der Waals surface area (Å²) in [5.41, 5.74) is -0.344. The first-order valence-electron chi connectivity index (χ1n) is 4.39. The van der Waals surface area contributed by atoms with Crippen LogP contribution in [0.1, 0.15) is 6.92 Å². The third-order valence-corrected chi connectivity index (χ3v) is 1.92. The molecule has 1 heterocycles. The average Bonchev–Trinajstić information content (AvgIpc) is 2.21. The van der Waals surface area contributed by atoms with Crippen molar-refractivity contribution >= 4 is 5.97 Å². The monoisotopic (exact) mass is 212 g/mol. The Kier molecular flexibility index (Phi) is 3.43. The first-order valence-corrected chi connectivity index (χ1v) is 4.39. The van der Waals surface area contributed by atoms with Crippen LogP contribution in [0.5, 0.6) is 5.88 Å². The van der Waals surface area contributed by atoms with Crippen LogP contribution in [0.3, 0.4) is 0 Å². The van der Waals surface area contributed by atoms with Crippen molar-refractivity contribution in [1.82, 2.24) is 9.78 Å². The maximum atomic E-state index is 11.3. The minimum Gasteiger partial charge on any atom is -0.481 e. The first-order chi connectivity index (χ1) is 7.04. The molecule has 6 heteroatoms. The zero-order chi connectivity index (χ0) is 11.4. The molecule has 0 saturated heterocycles. The number of ether oxygens (including phenoxy) is 1. The van der Waals surface area contributed by atoms with Crippen molar-refractivity contribution in [2.45, 2.75) is 13.5 Å². The highest BCUT2D eigenvalue weighted by Gasteiger charge is 2.13. The predicted molar refractivity (Wildman–Crippen MR) is 51.8 cm³/mol. The van der Waals surface area contributed by atoms with Gasteiger partial charge in [-0.05, 0) is 0 Å². The number of aliphatic carboxylic acids is 1. The van der Waals surface area contributed by atoms with Crippen molar-refractivity contribution in [1.29, 1.82) is 0 Å². The molecule has 1 unspecified atom stereocenters. The molecule has 1 atom stereocenters. The fraction of sp³-hybridized carbons (Fsp3) is 0.444. The molecule has 0 aliphatic rings. The van der Waals surface area contributed by atoms with E-state index in [2.05, 4.69) is 5.10 Å². The molecular weight excluding hydrogens is 200 g/mol. The van der Waals surface area contributed by atoms with E-state index in [-0.39, 0.29) is 18.0 Å². The highest BCUT2D eigenvalue weighted by molar-refractivity contribution is 5.69. The zero-order valence-corrected chi connectivity index (χ0v) is 8.51. The molecule has 82 valence electrons. The Bertz CT molecular complexity index is 413. The molecule has 1 aromatic heterocycles. The molecule has 0 spiro atoms. The number of aromatic nitrogens is 2. The van der Waals surface area contributed by atoms with Crippen LogP contribution in [0.25, 0.3) is 0 Å². The van der Waals surface area contributed by atoms with Gasteiger partial charge in [0.15, 0.2) is 0 Å². The molecule has 6 nitrogen and oxygen atoms in total. The average molecular weight is 212 g/mol. The second-order valence-electron chi connectivity index (χ2n) is 3.14. The molecule has 0 bridgehead atoms. The van der Waals surface area contributed by atoms with E-state index >= 15 is 0 Å². The Morgan fingerprint density at radius 1 is 1.67 bits per heavy atom. The number of hydrogen-bond donors (Lipinski definition) is 1. The maximum absolute atomic E-state index is 11.3. The van der Waals surface area contributed by atoms with E-state index in [9.17, 15) is 9.59 Å². The van der Waals surface area contributed by atoms with Gasteiger partial charge < -0.3 is 9.84 Å². The summed E-state index contributed by atoms with van der Waals surface area (Å²) in [4.78, 5) is 21.9. The van der Waals surface area contributed by atoms with Gasteiger partial charge in [0, 0.05) is 12.1 Å². The SMILES string of the molecule is COc1ccc(=O)n(CC(C)C(=O)O)n1. The van der Waals surface area contributed by atoms with Crippen molar-refractivity contribution in [2.24, 2.45) is 5.92 Å². The van der Waals surface area contributed by atoms with Crippen LogP contribution in [0.15, 0.2) is 16.9 Å². The summed E-state index contributed by atoms with van der Waals surface area (Å²) in [7, 11) is 1.43. The van der Waals surface area contributed by atoms with Gasteiger partial charge in [-0.15, -0.1) is 5.10 Å². The quantitative estimate of drug-likeness (QED) is 0.758. The smallest absolute Gasteiger partial charge is 0.308 e. The molecule has 0 saturated carbocycles. The van der Waals surface area contributed by atoms with Crippen LogP contribution in [-0.4, -0.2) is 28.0 Å². The van der Waals surface area contributed by atoms with Gasteiger partial charge in [0.1, 0.15) is 0 Å². The minimum absolute atomic E-state index is 0.0331. The summed E-state index contributed by atoms with van der Waals surface area (Å²) in [5, 5.41) is 12.5. The lowest BCUT2D eigenvalue weighted by Gasteiger charge is -2.08. The molecule has 0 fully saturated rings. The first kappa shape index (κ1) is 11.2. The van der Waals surface area contributed by atoms with E-state index in [1.54, 1.807) is 0 Å². The van der Waals surface area contributed by atoms with Gasteiger partial charge in [-0.25, -0.2) is 4.68 Å². The summed E-state index contributed by atoms with van der Waals surface area (Å²) in [6.07, 6.45) is 0. The van der Waals surface area contributed by atoms with Gasteiger partial charge in [0.25, 0.3) is 5.56 Å². The number of rotatable bonds is 4. The number of hydrogen-bond acceptors (Lipinski definition) is 4. The second kappa shape index (κ2) is 4.59. The Morgan fingerprint density at radius 2 is 2.33 bits per heavy atom. The van der Waals surface area contributed by atoms with Crippen LogP contribution in [0, 0.1) is 5.92 Å². The predicted octanol–water partition coefficient (Wildman–Crippen LogP) is -0.0274. The summed E-state index contributed by atoms with van der Waals surface area (Å²) in [6, 6.07) is 2.73. The maximum Gasteiger partial charge on any atom is 0.308 e. The van der Waals surface area contributed by atoms with Crippen LogP contribution in [-0.2, 0) is 11.3 Å². The lowest BCUT2D eigenvalue weighted by atomic mass is 10.2. The number of carboxylic acid groups (broad SMARTS) is 1. The molecule has 0 aromatic carbocycles. The van der Waals surface area contributed by atoms with Crippen LogP contribution in [0.2, 0.25) is 0 Å². The van der Waals surface area contributed by atoms with Crippen molar-refractivity contribution < 1.29 is 14.6 Å². The molecule has 1 aromatic rings. The van der Waals surface area contributed by atoms with Gasteiger partial charge >= 0.3 is 5.97 Å². The Hall–Kier alpha value is -1.85. The minimum atomic E-state index is -0.966. The summed E-state index contributed by atoms with van der Waals surface area (Å²) >= 11 is 0. The topological polar surface area (TPSA) is 81.4 Å². The highest BCUT2D eigenvalue weighted by Crippen LogP contribution is 2.02. The molecule has 0 aliphatic carbocycles. The summed E-state index contributed by atoms with van der Waals surface area (Å²) < 4.78 is 5.91. The van der Waals surface area contributed by atoms with E-state index in [1.807, 2.05) is 0 Å². The van der Waals surface area contributed by atoms with Crippen molar-refractivity contribution in [3.63, 3.8) is 0 Å².